The summed E-state index contributed by atoms with van der Waals surface area (Å²) in [6.45, 7) is 0. The van der Waals surface area contributed by atoms with Gasteiger partial charge in [-0.25, -0.2) is 4.79 Å². The lowest BCUT2D eigenvalue weighted by atomic mass is 10.2. The lowest BCUT2D eigenvalue weighted by Crippen LogP contribution is -1.84. The molecular weight excluding hydrogens is 275 g/mol. The van der Waals surface area contributed by atoms with E-state index in [1.807, 2.05) is 0 Å². The van der Waals surface area contributed by atoms with Gasteiger partial charge >= 0.3 is 5.97 Å². The molecule has 0 radical (unpaired) electrons. The predicted molar refractivity (Wildman–Crippen MR) is 70.8 cm³/mol. The van der Waals surface area contributed by atoms with Gasteiger partial charge in [0.1, 0.15) is 11.5 Å². The van der Waals surface area contributed by atoms with Crippen molar-refractivity contribution in [2.75, 3.05) is 0 Å². The van der Waals surface area contributed by atoms with Crippen LogP contribution in [-0.2, 0) is 4.79 Å². The zero-order valence-corrected chi connectivity index (χ0v) is 10.6. The number of aliphatic carboxylic acids is 1. The van der Waals surface area contributed by atoms with Crippen molar-refractivity contribution in [3.63, 3.8) is 0 Å². The summed E-state index contributed by atoms with van der Waals surface area (Å²) in [7, 11) is 0. The van der Waals surface area contributed by atoms with E-state index in [1.54, 1.807) is 30.3 Å². The van der Waals surface area contributed by atoms with Gasteiger partial charge in [-0.2, -0.15) is 0 Å². The third-order valence-corrected chi connectivity index (χ3v) is 2.86. The number of rotatable bonds is 3. The molecule has 0 fully saturated rings. The lowest BCUT2D eigenvalue weighted by Gasteiger charge is -2.02. The van der Waals surface area contributed by atoms with E-state index < -0.39 is 5.97 Å². The van der Waals surface area contributed by atoms with Crippen molar-refractivity contribution < 1.29 is 14.3 Å². The quantitative estimate of drug-likeness (QED) is 0.852. The minimum atomic E-state index is -1.04. The van der Waals surface area contributed by atoms with Gasteiger partial charge in [0, 0.05) is 6.08 Å². The summed E-state index contributed by atoms with van der Waals surface area (Å²) >= 11 is 12.1. The number of carboxylic acids is 1. The molecule has 5 heteroatoms. The smallest absolute Gasteiger partial charge is 0.328 e. The topological polar surface area (TPSA) is 50.4 Å². The van der Waals surface area contributed by atoms with Crippen molar-refractivity contribution >= 4 is 35.2 Å². The molecule has 0 unspecified atom stereocenters. The number of carboxylic acid groups (broad SMARTS) is 1. The average molecular weight is 283 g/mol. The summed E-state index contributed by atoms with van der Waals surface area (Å²) in [5, 5.41) is 9.47. The maximum absolute atomic E-state index is 10.4. The van der Waals surface area contributed by atoms with Gasteiger partial charge in [-0.3, -0.25) is 0 Å². The maximum atomic E-state index is 10.4. The van der Waals surface area contributed by atoms with Crippen molar-refractivity contribution in [3.8, 4) is 11.3 Å². The third-order valence-electron chi connectivity index (χ3n) is 2.23. The van der Waals surface area contributed by atoms with Crippen molar-refractivity contribution in [3.05, 3.63) is 52.2 Å². The highest BCUT2D eigenvalue weighted by Crippen LogP contribution is 2.35. The molecule has 0 aliphatic rings. The number of carbonyl (C=O) groups is 1. The highest BCUT2D eigenvalue weighted by atomic mass is 35.5. The number of halogens is 2. The Morgan fingerprint density at radius 3 is 2.44 bits per heavy atom. The number of benzene rings is 1. The molecule has 0 saturated heterocycles. The standard InChI is InChI=1S/C13H8Cl2O3/c14-9-2-1-3-10(15)13(9)11-6-4-8(18-11)5-7-12(16)17/h1-7H,(H,16,17)/b7-5+. The monoisotopic (exact) mass is 282 g/mol. The summed E-state index contributed by atoms with van der Waals surface area (Å²) in [4.78, 5) is 10.4. The van der Waals surface area contributed by atoms with Crippen LogP contribution in [0.25, 0.3) is 17.4 Å². The maximum Gasteiger partial charge on any atom is 0.328 e. The second-order valence-electron chi connectivity index (χ2n) is 3.47. The predicted octanol–water partition coefficient (Wildman–Crippen LogP) is 4.35. The molecule has 1 aromatic heterocycles. The van der Waals surface area contributed by atoms with Crippen LogP contribution < -0.4 is 0 Å². The molecule has 1 heterocycles. The molecule has 0 spiro atoms. The van der Waals surface area contributed by atoms with E-state index >= 15 is 0 Å². The zero-order valence-electron chi connectivity index (χ0n) is 9.06. The Morgan fingerprint density at radius 2 is 1.83 bits per heavy atom. The SMILES string of the molecule is O=C(O)/C=C/c1ccc(-c2c(Cl)cccc2Cl)o1. The van der Waals surface area contributed by atoms with Crippen molar-refractivity contribution in [1.29, 1.82) is 0 Å². The summed E-state index contributed by atoms with van der Waals surface area (Å²) in [6, 6.07) is 8.49. The third kappa shape index (κ3) is 2.75. The average Bonchev–Trinajstić information content (AvgIpc) is 2.75. The van der Waals surface area contributed by atoms with Crippen LogP contribution in [0.15, 0.2) is 40.8 Å². The van der Waals surface area contributed by atoms with Gasteiger partial charge in [-0.15, -0.1) is 0 Å². The van der Waals surface area contributed by atoms with Gasteiger partial charge in [0.15, 0.2) is 0 Å². The number of furan rings is 1. The van der Waals surface area contributed by atoms with Gasteiger partial charge < -0.3 is 9.52 Å². The van der Waals surface area contributed by atoms with Crippen LogP contribution in [0.2, 0.25) is 10.0 Å². The molecule has 0 aliphatic carbocycles. The Morgan fingerprint density at radius 1 is 1.17 bits per heavy atom. The van der Waals surface area contributed by atoms with E-state index in [2.05, 4.69) is 0 Å². The molecule has 1 aromatic carbocycles. The Hall–Kier alpha value is -1.71. The normalized spacial score (nSPS) is 11.0. The van der Waals surface area contributed by atoms with Crippen LogP contribution in [0, 0.1) is 0 Å². The molecule has 2 rings (SSSR count). The van der Waals surface area contributed by atoms with Gasteiger partial charge in [0.2, 0.25) is 0 Å². The fourth-order valence-corrected chi connectivity index (χ4v) is 2.05. The van der Waals surface area contributed by atoms with E-state index in [-0.39, 0.29) is 0 Å². The van der Waals surface area contributed by atoms with Crippen LogP contribution >= 0.6 is 23.2 Å². The summed E-state index contributed by atoms with van der Waals surface area (Å²) < 4.78 is 5.46. The Balaban J connectivity index is 2.38. The van der Waals surface area contributed by atoms with Gasteiger partial charge in [-0.05, 0) is 30.3 Å². The van der Waals surface area contributed by atoms with Crippen molar-refractivity contribution in [1.82, 2.24) is 0 Å². The largest absolute Gasteiger partial charge is 0.478 e. The highest BCUT2D eigenvalue weighted by Gasteiger charge is 2.11. The van der Waals surface area contributed by atoms with Gasteiger partial charge in [0.25, 0.3) is 0 Å². The first-order chi connectivity index (χ1) is 8.58. The van der Waals surface area contributed by atoms with E-state index in [0.29, 0.717) is 27.1 Å². The first-order valence-electron chi connectivity index (χ1n) is 5.03. The van der Waals surface area contributed by atoms with Crippen LogP contribution in [0.3, 0.4) is 0 Å². The molecule has 92 valence electrons. The molecule has 0 saturated carbocycles. The van der Waals surface area contributed by atoms with Crippen LogP contribution in [-0.4, -0.2) is 11.1 Å². The lowest BCUT2D eigenvalue weighted by molar-refractivity contribution is -0.131. The second kappa shape index (κ2) is 5.29. The molecule has 0 amide bonds. The molecule has 0 aliphatic heterocycles. The Kier molecular flexibility index (Phi) is 3.75. The first-order valence-corrected chi connectivity index (χ1v) is 5.79. The first kappa shape index (κ1) is 12.7. The summed E-state index contributed by atoms with van der Waals surface area (Å²) in [5.41, 5.74) is 0.593. The fourth-order valence-electron chi connectivity index (χ4n) is 1.46. The van der Waals surface area contributed by atoms with E-state index in [9.17, 15) is 4.79 Å². The van der Waals surface area contributed by atoms with E-state index in [4.69, 9.17) is 32.7 Å². The minimum Gasteiger partial charge on any atom is -0.478 e. The molecule has 2 aromatic rings. The molecule has 0 bridgehead atoms. The Labute approximate surface area is 113 Å². The van der Waals surface area contributed by atoms with Gasteiger partial charge in [0.05, 0.1) is 15.6 Å². The van der Waals surface area contributed by atoms with Crippen LogP contribution in [0.5, 0.6) is 0 Å². The second-order valence-corrected chi connectivity index (χ2v) is 4.28. The zero-order chi connectivity index (χ0) is 13.1. The van der Waals surface area contributed by atoms with E-state index in [0.717, 1.165) is 6.08 Å². The molecule has 18 heavy (non-hydrogen) atoms. The van der Waals surface area contributed by atoms with E-state index in [1.165, 1.54) is 6.08 Å². The molecule has 3 nitrogen and oxygen atoms in total. The van der Waals surface area contributed by atoms with Crippen molar-refractivity contribution in [2.45, 2.75) is 0 Å². The Bertz CT molecular complexity index is 594. The molecular formula is C13H8Cl2O3. The van der Waals surface area contributed by atoms with Crippen molar-refractivity contribution in [2.24, 2.45) is 0 Å². The minimum absolute atomic E-state index is 0.420. The summed E-state index contributed by atoms with van der Waals surface area (Å²) in [5.74, 6) is -0.122. The highest BCUT2D eigenvalue weighted by molar-refractivity contribution is 6.39. The van der Waals surface area contributed by atoms with Crippen LogP contribution in [0.1, 0.15) is 5.76 Å². The van der Waals surface area contributed by atoms with Gasteiger partial charge in [-0.1, -0.05) is 29.3 Å². The summed E-state index contributed by atoms with van der Waals surface area (Å²) in [6.07, 6.45) is 2.35. The number of hydrogen-bond acceptors (Lipinski definition) is 2. The molecule has 1 N–H and O–H groups in total. The fraction of sp³-hybridized carbons (Fsp3) is 0. The molecule has 0 atom stereocenters. The number of hydrogen-bond donors (Lipinski definition) is 1. The van der Waals surface area contributed by atoms with Crippen LogP contribution in [0.4, 0.5) is 0 Å².